The molecule has 0 saturated heterocycles. The van der Waals surface area contributed by atoms with E-state index in [1.165, 1.54) is 30.3 Å². The fourth-order valence-electron chi connectivity index (χ4n) is 1.94. The van der Waals surface area contributed by atoms with Gasteiger partial charge >= 0.3 is 5.97 Å². The molecule has 9 heteroatoms. The zero-order chi connectivity index (χ0) is 20.0. The molecule has 0 heterocycles. The van der Waals surface area contributed by atoms with E-state index in [1.807, 2.05) is 0 Å². The zero-order valence-corrected chi connectivity index (χ0v) is 15.9. The Labute approximate surface area is 169 Å². The van der Waals surface area contributed by atoms with Crippen molar-refractivity contribution in [1.29, 1.82) is 0 Å². The summed E-state index contributed by atoms with van der Waals surface area (Å²) in [6, 6.07) is 9.12. The Morgan fingerprint density at radius 1 is 1.04 bits per heavy atom. The molecule has 6 nitrogen and oxygen atoms in total. The molecule has 0 spiro atoms. The van der Waals surface area contributed by atoms with Crippen LogP contribution in [0.25, 0.3) is 6.08 Å². The minimum Gasteiger partial charge on any atom is -0.452 e. The van der Waals surface area contributed by atoms with Crippen molar-refractivity contribution in [2.24, 2.45) is 5.73 Å². The molecule has 2 aromatic rings. The van der Waals surface area contributed by atoms with Crippen LogP contribution in [0.3, 0.4) is 0 Å². The number of halogens is 3. The van der Waals surface area contributed by atoms with Gasteiger partial charge < -0.3 is 15.8 Å². The molecule has 0 aliphatic carbocycles. The van der Waals surface area contributed by atoms with Gasteiger partial charge in [0.15, 0.2) is 6.61 Å². The van der Waals surface area contributed by atoms with Crippen LogP contribution in [-0.2, 0) is 14.3 Å². The number of nitrogens with one attached hydrogen (secondary N) is 1. The van der Waals surface area contributed by atoms with E-state index >= 15 is 0 Å². The highest BCUT2D eigenvalue weighted by atomic mass is 35.5. The average molecular weight is 428 g/mol. The van der Waals surface area contributed by atoms with E-state index in [9.17, 15) is 14.4 Å². The molecule has 27 heavy (non-hydrogen) atoms. The summed E-state index contributed by atoms with van der Waals surface area (Å²) in [5.41, 5.74) is 6.32. The third-order valence-electron chi connectivity index (χ3n) is 3.22. The second kappa shape index (κ2) is 9.41. The molecule has 0 saturated carbocycles. The van der Waals surface area contributed by atoms with Gasteiger partial charge in [-0.2, -0.15) is 0 Å². The first-order chi connectivity index (χ1) is 12.8. The first-order valence-corrected chi connectivity index (χ1v) is 8.58. The summed E-state index contributed by atoms with van der Waals surface area (Å²) in [6.07, 6.45) is 2.62. The van der Waals surface area contributed by atoms with Gasteiger partial charge in [-0.05, 0) is 35.9 Å². The van der Waals surface area contributed by atoms with Crippen LogP contribution < -0.4 is 11.1 Å². The molecule has 2 aromatic carbocycles. The number of rotatable bonds is 6. The molecule has 0 unspecified atom stereocenters. The van der Waals surface area contributed by atoms with Crippen LogP contribution in [-0.4, -0.2) is 24.4 Å². The molecule has 0 aliphatic rings. The number of amides is 2. The van der Waals surface area contributed by atoms with E-state index in [2.05, 4.69) is 5.32 Å². The van der Waals surface area contributed by atoms with Gasteiger partial charge in [0.2, 0.25) is 5.91 Å². The molecule has 0 aromatic heterocycles. The molecule has 0 aliphatic heterocycles. The predicted octanol–water partition coefficient (Wildman–Crippen LogP) is 3.94. The quantitative estimate of drug-likeness (QED) is 0.539. The van der Waals surface area contributed by atoms with E-state index < -0.39 is 24.4 Å². The maximum absolute atomic E-state index is 11.9. The molecule has 3 N–H and O–H groups in total. The minimum absolute atomic E-state index is 0.159. The fraction of sp³-hybridized carbons (Fsp3) is 0.0556. The molecule has 140 valence electrons. The van der Waals surface area contributed by atoms with Crippen LogP contribution in [0.2, 0.25) is 15.1 Å². The number of ether oxygens (including phenoxy) is 1. The van der Waals surface area contributed by atoms with Crippen LogP contribution >= 0.6 is 34.8 Å². The third kappa shape index (κ3) is 6.29. The number of hydrogen-bond acceptors (Lipinski definition) is 4. The van der Waals surface area contributed by atoms with E-state index in [1.54, 1.807) is 12.1 Å². The van der Waals surface area contributed by atoms with Crippen molar-refractivity contribution in [1.82, 2.24) is 0 Å². The summed E-state index contributed by atoms with van der Waals surface area (Å²) in [7, 11) is 0. The van der Waals surface area contributed by atoms with Crippen LogP contribution in [0.15, 0.2) is 42.5 Å². The Hall–Kier alpha value is -2.54. The summed E-state index contributed by atoms with van der Waals surface area (Å²) in [5, 5.41) is 3.09. The monoisotopic (exact) mass is 426 g/mol. The van der Waals surface area contributed by atoms with Crippen molar-refractivity contribution in [3.8, 4) is 0 Å². The van der Waals surface area contributed by atoms with Crippen LogP contribution in [0.1, 0.15) is 15.9 Å². The SMILES string of the molecule is NC(=O)c1ccc(C=CC(=O)OCC(=O)Nc2c(Cl)cc(Cl)cc2Cl)cc1. The normalized spacial score (nSPS) is 10.6. The van der Waals surface area contributed by atoms with Crippen LogP contribution in [0, 0.1) is 0 Å². The first kappa shape index (κ1) is 20.8. The highest BCUT2D eigenvalue weighted by Crippen LogP contribution is 2.33. The second-order valence-corrected chi connectivity index (χ2v) is 6.47. The number of hydrogen-bond donors (Lipinski definition) is 2. The van der Waals surface area contributed by atoms with Crippen molar-refractivity contribution >= 4 is 64.3 Å². The van der Waals surface area contributed by atoms with Crippen molar-refractivity contribution < 1.29 is 19.1 Å². The third-order valence-corrected chi connectivity index (χ3v) is 4.04. The molecule has 0 bridgehead atoms. The Morgan fingerprint density at radius 3 is 2.19 bits per heavy atom. The standard InChI is InChI=1S/C18H13Cl3N2O4/c19-12-7-13(20)17(14(21)8-12)23-15(24)9-27-16(25)6-3-10-1-4-11(5-2-10)18(22)26/h1-8H,9H2,(H2,22,26)(H,23,24). The molecule has 2 amide bonds. The lowest BCUT2D eigenvalue weighted by atomic mass is 10.1. The van der Waals surface area contributed by atoms with E-state index in [0.29, 0.717) is 16.1 Å². The number of anilines is 1. The molecule has 2 rings (SSSR count). The maximum Gasteiger partial charge on any atom is 0.331 e. The highest BCUT2D eigenvalue weighted by molar-refractivity contribution is 6.42. The minimum atomic E-state index is -0.725. The molecule has 0 atom stereocenters. The summed E-state index contributed by atoms with van der Waals surface area (Å²) in [4.78, 5) is 34.6. The van der Waals surface area contributed by atoms with E-state index in [4.69, 9.17) is 45.3 Å². The van der Waals surface area contributed by atoms with E-state index in [-0.39, 0.29) is 15.7 Å². The second-order valence-electron chi connectivity index (χ2n) is 5.22. The van der Waals surface area contributed by atoms with Crippen LogP contribution in [0.4, 0.5) is 5.69 Å². The lowest BCUT2D eigenvalue weighted by Gasteiger charge is -2.09. The van der Waals surface area contributed by atoms with E-state index in [0.717, 1.165) is 6.08 Å². The van der Waals surface area contributed by atoms with Gasteiger partial charge in [0, 0.05) is 16.7 Å². The Bertz CT molecular complexity index is 888. The number of benzene rings is 2. The van der Waals surface area contributed by atoms with Gasteiger partial charge in [-0.1, -0.05) is 46.9 Å². The maximum atomic E-state index is 11.9. The lowest BCUT2D eigenvalue weighted by Crippen LogP contribution is -2.20. The summed E-state index contributed by atoms with van der Waals surface area (Å²) >= 11 is 17.7. The molecular weight excluding hydrogens is 415 g/mol. The van der Waals surface area contributed by atoms with Crippen molar-refractivity contribution in [2.45, 2.75) is 0 Å². The number of esters is 1. The predicted molar refractivity (Wildman–Crippen MR) is 105 cm³/mol. The van der Waals surface area contributed by atoms with Crippen molar-refractivity contribution in [3.05, 3.63) is 68.7 Å². The summed E-state index contributed by atoms with van der Waals surface area (Å²) in [6.45, 7) is -0.529. The first-order valence-electron chi connectivity index (χ1n) is 7.45. The molecular formula is C18H13Cl3N2O4. The highest BCUT2D eigenvalue weighted by Gasteiger charge is 2.12. The van der Waals surface area contributed by atoms with Gasteiger partial charge in [0.05, 0.1) is 15.7 Å². The molecule has 0 fully saturated rings. The Morgan fingerprint density at radius 2 is 1.63 bits per heavy atom. The van der Waals surface area contributed by atoms with Crippen LogP contribution in [0.5, 0.6) is 0 Å². The molecule has 0 radical (unpaired) electrons. The van der Waals surface area contributed by atoms with Gasteiger partial charge in [0.25, 0.3) is 5.91 Å². The Balaban J connectivity index is 1.88. The number of carbonyl (C=O) groups is 3. The largest absolute Gasteiger partial charge is 0.452 e. The summed E-state index contributed by atoms with van der Waals surface area (Å²) in [5.74, 6) is -1.89. The number of carbonyl (C=O) groups excluding carboxylic acids is 3. The van der Waals surface area contributed by atoms with Gasteiger partial charge in [-0.25, -0.2) is 4.79 Å². The topological polar surface area (TPSA) is 98.5 Å². The number of nitrogens with two attached hydrogens (primary N) is 1. The number of primary amides is 1. The Kier molecular flexibility index (Phi) is 7.24. The summed E-state index contributed by atoms with van der Waals surface area (Å²) < 4.78 is 4.84. The fourth-order valence-corrected chi connectivity index (χ4v) is 2.86. The zero-order valence-electron chi connectivity index (χ0n) is 13.7. The van der Waals surface area contributed by atoms with Crippen molar-refractivity contribution in [2.75, 3.05) is 11.9 Å². The van der Waals surface area contributed by atoms with Crippen molar-refractivity contribution in [3.63, 3.8) is 0 Å². The van der Waals surface area contributed by atoms with Gasteiger partial charge in [-0.15, -0.1) is 0 Å². The smallest absolute Gasteiger partial charge is 0.331 e. The lowest BCUT2D eigenvalue weighted by molar-refractivity contribution is -0.142. The average Bonchev–Trinajstić information content (AvgIpc) is 2.61. The van der Waals surface area contributed by atoms with Gasteiger partial charge in [0.1, 0.15) is 0 Å². The van der Waals surface area contributed by atoms with Gasteiger partial charge in [-0.3, -0.25) is 9.59 Å².